The number of alkyl halides is 5. The van der Waals surface area contributed by atoms with Crippen LogP contribution in [0.2, 0.25) is 5.02 Å². The Hall–Kier alpha value is -5.26. The molecule has 282 valence electrons. The average Bonchev–Trinajstić information content (AvgIpc) is 3.09. The average molecular weight is 765 g/mol. The number of amides is 2. The van der Waals surface area contributed by atoms with Crippen molar-refractivity contribution in [2.24, 2.45) is 0 Å². The van der Waals surface area contributed by atoms with E-state index in [2.05, 4.69) is 20.3 Å². The molecule has 0 unspecified atom stereocenters. The zero-order valence-electron chi connectivity index (χ0n) is 28.9. The van der Waals surface area contributed by atoms with Crippen LogP contribution in [0.5, 0.6) is 5.88 Å². The van der Waals surface area contributed by atoms with Crippen molar-refractivity contribution in [2.75, 3.05) is 49.4 Å². The Labute approximate surface area is 303 Å². The maximum atomic E-state index is 14.4. The van der Waals surface area contributed by atoms with Gasteiger partial charge in [0.25, 0.3) is 12.3 Å². The maximum Gasteiger partial charge on any atom is 0.416 e. The van der Waals surface area contributed by atoms with Gasteiger partial charge in [0, 0.05) is 45.1 Å². The number of anilines is 3. The molecule has 1 aliphatic carbocycles. The van der Waals surface area contributed by atoms with Crippen LogP contribution in [-0.4, -0.2) is 82.6 Å². The number of fused-ring (bicyclic) bond motifs is 2. The summed E-state index contributed by atoms with van der Waals surface area (Å²) in [5.41, 5.74) is -3.37. The molecule has 6 rings (SSSR count). The van der Waals surface area contributed by atoms with Gasteiger partial charge < -0.3 is 34.3 Å². The smallest absolute Gasteiger partial charge is 0.416 e. The van der Waals surface area contributed by atoms with Gasteiger partial charge in [-0.25, -0.2) is 18.7 Å². The van der Waals surface area contributed by atoms with Crippen LogP contribution in [0, 0.1) is 0 Å². The molecule has 3 aromatic heterocycles. The maximum absolute atomic E-state index is 14.4. The Balaban J connectivity index is 1.39. The van der Waals surface area contributed by atoms with Gasteiger partial charge in [0.15, 0.2) is 11.2 Å². The molecule has 2 fully saturated rings. The van der Waals surface area contributed by atoms with Crippen molar-refractivity contribution in [1.82, 2.24) is 24.4 Å². The summed E-state index contributed by atoms with van der Waals surface area (Å²) in [6.07, 6.45) is -4.26. The van der Waals surface area contributed by atoms with E-state index in [0.717, 1.165) is 18.3 Å². The Morgan fingerprint density at radius 3 is 2.43 bits per heavy atom. The molecule has 0 radical (unpaired) electrons. The summed E-state index contributed by atoms with van der Waals surface area (Å²) in [6, 6.07) is 1.61. The largest absolute Gasteiger partial charge is 0.482 e. The second-order valence-electron chi connectivity index (χ2n) is 12.8. The lowest BCUT2D eigenvalue weighted by Gasteiger charge is -2.54. The third kappa shape index (κ3) is 6.75. The summed E-state index contributed by atoms with van der Waals surface area (Å²) in [4.78, 5) is 71.3. The van der Waals surface area contributed by atoms with E-state index in [-0.39, 0.29) is 53.0 Å². The molecule has 53 heavy (non-hydrogen) atoms. The van der Waals surface area contributed by atoms with Crippen LogP contribution in [0.3, 0.4) is 0 Å². The van der Waals surface area contributed by atoms with Gasteiger partial charge in [-0.15, -0.1) is 0 Å². The molecule has 0 spiro atoms. The fourth-order valence-electron chi connectivity index (χ4n) is 6.85. The predicted octanol–water partition coefficient (Wildman–Crippen LogP) is 4.86. The number of aromatic nitrogens is 4. The van der Waals surface area contributed by atoms with E-state index in [1.165, 1.54) is 22.8 Å². The molecule has 2 aliphatic rings. The molecule has 13 nitrogen and oxygen atoms in total. The monoisotopic (exact) mass is 764 g/mol. The second-order valence-corrected chi connectivity index (χ2v) is 13.2. The van der Waals surface area contributed by atoms with Crippen molar-refractivity contribution in [3.8, 4) is 5.88 Å². The van der Waals surface area contributed by atoms with Gasteiger partial charge in [-0.2, -0.15) is 13.2 Å². The van der Waals surface area contributed by atoms with E-state index in [0.29, 0.717) is 30.4 Å². The van der Waals surface area contributed by atoms with Gasteiger partial charge >= 0.3 is 6.18 Å². The molecule has 1 saturated heterocycles. The number of carbonyl (C=O) groups is 2. The number of hydrogen-bond donors (Lipinski definition) is 2. The fraction of sp³-hybridized carbons (Fsp3) is 0.412. The third-order valence-corrected chi connectivity index (χ3v) is 9.86. The molecular weight excluding hydrogens is 731 g/mol. The first-order chi connectivity index (χ1) is 25.1. The quantitative estimate of drug-likeness (QED) is 0.228. The standard InChI is InChI=1S/C34H34ClF5N8O5/c1-5-20-27(46-10-11-47(22-9-8-21(22)46)33(52)25-28(50)17(30(36)37)13-42-32(25)53-4)29(51)26-31(41-14-23(44-26)45(2)3)48(20)15-24(49)43-19-7-6-16(12-18(19)35)34(38,39)40/h6-7,12-14,21-22,30H,5,8-11,15H2,1-4H3,(H,42,50)(H,43,49)/t21-,22-/m0/s1. The van der Waals surface area contributed by atoms with E-state index >= 15 is 0 Å². The van der Waals surface area contributed by atoms with Gasteiger partial charge in [-0.1, -0.05) is 18.5 Å². The fourth-order valence-corrected chi connectivity index (χ4v) is 7.07. The molecule has 19 heteroatoms. The number of nitrogens with one attached hydrogen (secondary N) is 2. The first-order valence-corrected chi connectivity index (χ1v) is 16.9. The van der Waals surface area contributed by atoms with Crippen molar-refractivity contribution < 1.29 is 36.3 Å². The topological polar surface area (TPSA) is 146 Å². The third-order valence-electron chi connectivity index (χ3n) is 9.55. The minimum Gasteiger partial charge on any atom is -0.482 e. The second kappa shape index (κ2) is 14.3. The summed E-state index contributed by atoms with van der Waals surface area (Å²) in [5.74, 6) is -1.34. The van der Waals surface area contributed by atoms with E-state index in [9.17, 15) is 41.1 Å². The number of H-pyrrole nitrogens is 1. The highest BCUT2D eigenvalue weighted by atomic mass is 35.5. The molecule has 1 aromatic carbocycles. The molecule has 0 bridgehead atoms. The zero-order chi connectivity index (χ0) is 38.5. The number of nitrogens with zero attached hydrogens (tertiary/aromatic N) is 6. The summed E-state index contributed by atoms with van der Waals surface area (Å²) in [6.45, 7) is 1.47. The number of piperazine rings is 1. The molecule has 2 amide bonds. The van der Waals surface area contributed by atoms with Crippen molar-refractivity contribution in [1.29, 1.82) is 0 Å². The van der Waals surface area contributed by atoms with Gasteiger partial charge in [0.2, 0.25) is 22.6 Å². The number of rotatable bonds is 9. The lowest BCUT2D eigenvalue weighted by Crippen LogP contribution is -2.67. The summed E-state index contributed by atoms with van der Waals surface area (Å²) in [5, 5.41) is 2.22. The number of carbonyl (C=O) groups excluding carboxylic acids is 2. The Bertz CT molecular complexity index is 2230. The van der Waals surface area contributed by atoms with E-state index < -0.39 is 70.6 Å². The predicted molar refractivity (Wildman–Crippen MR) is 186 cm³/mol. The molecule has 4 heterocycles. The Morgan fingerprint density at radius 1 is 1.13 bits per heavy atom. The molecular formula is C34H34ClF5N8O5. The highest BCUT2D eigenvalue weighted by molar-refractivity contribution is 6.33. The van der Waals surface area contributed by atoms with Crippen LogP contribution in [0.15, 0.2) is 40.2 Å². The number of pyridine rings is 2. The minimum atomic E-state index is -4.64. The van der Waals surface area contributed by atoms with E-state index in [1.54, 1.807) is 25.9 Å². The molecule has 1 aliphatic heterocycles. The normalized spacial score (nSPS) is 17.1. The summed E-state index contributed by atoms with van der Waals surface area (Å²) < 4.78 is 73.5. The van der Waals surface area contributed by atoms with Crippen molar-refractivity contribution in [2.45, 2.75) is 57.4 Å². The number of aromatic amines is 1. The number of benzene rings is 1. The van der Waals surface area contributed by atoms with Gasteiger partial charge in [0.1, 0.15) is 23.6 Å². The number of methoxy groups -OCH3 is 1. The highest BCUT2D eigenvalue weighted by Gasteiger charge is 2.47. The number of ether oxygens (including phenoxy) is 1. The van der Waals surface area contributed by atoms with Crippen molar-refractivity contribution in [3.05, 3.63) is 78.4 Å². The van der Waals surface area contributed by atoms with Crippen LogP contribution in [0.1, 0.15) is 53.4 Å². The summed E-state index contributed by atoms with van der Waals surface area (Å²) >= 11 is 6.10. The van der Waals surface area contributed by atoms with Crippen molar-refractivity contribution >= 4 is 51.8 Å². The molecule has 4 aromatic rings. The number of hydrogen-bond acceptors (Lipinski definition) is 9. The zero-order valence-corrected chi connectivity index (χ0v) is 29.6. The Morgan fingerprint density at radius 2 is 1.85 bits per heavy atom. The highest BCUT2D eigenvalue weighted by Crippen LogP contribution is 2.39. The summed E-state index contributed by atoms with van der Waals surface area (Å²) in [7, 11) is 4.63. The van der Waals surface area contributed by atoms with Crippen LogP contribution in [-0.2, 0) is 23.9 Å². The van der Waals surface area contributed by atoms with Crippen LogP contribution in [0.4, 0.5) is 39.1 Å². The van der Waals surface area contributed by atoms with Crippen molar-refractivity contribution in [3.63, 3.8) is 0 Å². The van der Waals surface area contributed by atoms with Gasteiger partial charge in [-0.05, 0) is 37.5 Å². The minimum absolute atomic E-state index is 0.0124. The van der Waals surface area contributed by atoms with E-state index in [1.807, 2.05) is 4.90 Å². The van der Waals surface area contributed by atoms with Crippen LogP contribution >= 0.6 is 11.6 Å². The first-order valence-electron chi connectivity index (χ1n) is 16.5. The molecule has 2 atom stereocenters. The molecule has 2 N–H and O–H groups in total. The van der Waals surface area contributed by atoms with Gasteiger partial charge in [0.05, 0.1) is 41.2 Å². The SMILES string of the molecule is CCc1c(N2CCN(C(=O)c3c(OC)[nH]cc(C(F)F)c3=O)[C@H]3CC[C@@H]32)c(=O)c2nc(N(C)C)cnc2n1CC(=O)Nc1ccc(C(F)(F)F)cc1Cl. The lowest BCUT2D eigenvalue weighted by molar-refractivity contribution is -0.137. The number of halogens is 6. The van der Waals surface area contributed by atoms with Gasteiger partial charge in [-0.3, -0.25) is 19.2 Å². The van der Waals surface area contributed by atoms with Crippen LogP contribution in [0.25, 0.3) is 11.2 Å². The first kappa shape index (κ1) is 37.5. The van der Waals surface area contributed by atoms with Crippen LogP contribution < -0.4 is 30.7 Å². The molecule has 1 saturated carbocycles. The van der Waals surface area contributed by atoms with E-state index in [4.69, 9.17) is 16.3 Å². The lowest BCUT2D eigenvalue weighted by atomic mass is 9.81. The Kier molecular flexibility index (Phi) is 10.1.